The first-order valence-electron chi connectivity index (χ1n) is 7.63. The lowest BCUT2D eigenvalue weighted by Gasteiger charge is -2.17. The van der Waals surface area contributed by atoms with Crippen LogP contribution in [0.3, 0.4) is 0 Å². The number of hydrogen-bond acceptors (Lipinski definition) is 9. The predicted molar refractivity (Wildman–Crippen MR) is 84.8 cm³/mol. The van der Waals surface area contributed by atoms with Crippen LogP contribution in [-0.4, -0.2) is 62.0 Å². The number of aliphatic hydroxyl groups is 1. The van der Waals surface area contributed by atoms with Crippen molar-refractivity contribution < 1.29 is 39.0 Å². The van der Waals surface area contributed by atoms with Crippen LogP contribution in [0, 0.1) is 0 Å². The number of carboxylic acids is 2. The molecule has 0 spiro atoms. The Morgan fingerprint density at radius 1 is 1.19 bits per heavy atom. The van der Waals surface area contributed by atoms with E-state index in [1.807, 2.05) is 0 Å². The third kappa shape index (κ3) is 7.25. The van der Waals surface area contributed by atoms with Crippen LogP contribution < -0.4 is 22.1 Å². The molecule has 27 heavy (non-hydrogen) atoms. The molecule has 150 valence electrons. The summed E-state index contributed by atoms with van der Waals surface area (Å²) in [6.45, 7) is -0.475. The number of primary amides is 1. The largest absolute Gasteiger partial charge is 0.481 e. The Morgan fingerprint density at radius 2 is 1.85 bits per heavy atom. The summed E-state index contributed by atoms with van der Waals surface area (Å²) in [5, 5.41) is 34.4. The van der Waals surface area contributed by atoms with Crippen LogP contribution in [0.25, 0.3) is 0 Å². The summed E-state index contributed by atoms with van der Waals surface area (Å²) in [6.07, 6.45) is -1.28. The molecule has 0 aliphatic heterocycles. The second kappa shape index (κ2) is 10.0. The molecule has 1 rings (SSSR count). The van der Waals surface area contributed by atoms with Gasteiger partial charge in [-0.1, -0.05) is 5.16 Å². The number of aromatic nitrogens is 2. The fraction of sp³-hybridized carbons (Fsp3) is 0.538. The first-order chi connectivity index (χ1) is 12.6. The van der Waals surface area contributed by atoms with Crippen LogP contribution in [0.1, 0.15) is 43.1 Å². The maximum atomic E-state index is 12.0. The molecule has 9 N–H and O–H groups in total. The Hall–Kier alpha value is -3.26. The lowest BCUT2D eigenvalue weighted by molar-refractivity contribution is -0.140. The molecule has 0 saturated carbocycles. The van der Waals surface area contributed by atoms with Crippen LogP contribution in [0.5, 0.6) is 0 Å². The van der Waals surface area contributed by atoms with E-state index in [-0.39, 0.29) is 18.1 Å². The van der Waals surface area contributed by atoms with Crippen molar-refractivity contribution in [2.24, 2.45) is 11.5 Å². The smallest absolute Gasteiger partial charge is 0.326 e. The van der Waals surface area contributed by atoms with Gasteiger partial charge in [0.15, 0.2) is 5.82 Å². The van der Waals surface area contributed by atoms with Gasteiger partial charge in [-0.3, -0.25) is 9.59 Å². The van der Waals surface area contributed by atoms with Crippen LogP contribution in [0.2, 0.25) is 0 Å². The first kappa shape index (κ1) is 21.8. The van der Waals surface area contributed by atoms with Crippen molar-refractivity contribution in [1.82, 2.24) is 20.8 Å². The standard InChI is InChI=1S/C13H20N6O8/c14-5(4-20)10-18-11(27-19-10)7(3-8(15)21)17-13(26)16-6(12(24)25)1-2-9(22)23/h5-7,20H,1-4,14H2,(H2,15,21)(H,22,23)(H,24,25)(H2,16,17,26)/t5-,6-,7?/m0/s1. The van der Waals surface area contributed by atoms with Crippen molar-refractivity contribution in [2.45, 2.75) is 37.4 Å². The summed E-state index contributed by atoms with van der Waals surface area (Å²) in [7, 11) is 0. The SMILES string of the molecule is NC(=O)CC(NC(=O)N[C@@H](CCC(=O)O)C(=O)O)c1nc([C@@H](N)CO)no1. The van der Waals surface area contributed by atoms with E-state index in [4.69, 9.17) is 31.3 Å². The summed E-state index contributed by atoms with van der Waals surface area (Å²) in [5.74, 6) is -3.80. The monoisotopic (exact) mass is 388 g/mol. The summed E-state index contributed by atoms with van der Waals surface area (Å²) in [6, 6.07) is -4.64. The lowest BCUT2D eigenvalue weighted by atomic mass is 10.1. The second-order valence-corrected chi connectivity index (χ2v) is 5.44. The molecular weight excluding hydrogens is 368 g/mol. The third-order valence-electron chi connectivity index (χ3n) is 3.24. The minimum atomic E-state index is -1.48. The number of carbonyl (C=O) groups is 4. The fourth-order valence-electron chi connectivity index (χ4n) is 1.91. The van der Waals surface area contributed by atoms with Gasteiger partial charge in [-0.2, -0.15) is 4.98 Å². The number of nitrogens with one attached hydrogen (secondary N) is 2. The first-order valence-corrected chi connectivity index (χ1v) is 7.63. The zero-order valence-corrected chi connectivity index (χ0v) is 14.0. The number of urea groups is 1. The lowest BCUT2D eigenvalue weighted by Crippen LogP contribution is -2.47. The van der Waals surface area contributed by atoms with E-state index in [2.05, 4.69) is 20.8 Å². The van der Waals surface area contributed by atoms with Gasteiger partial charge < -0.3 is 41.9 Å². The zero-order valence-electron chi connectivity index (χ0n) is 14.0. The number of aliphatic hydroxyl groups excluding tert-OH is 1. The molecule has 0 aromatic carbocycles. The van der Waals surface area contributed by atoms with E-state index in [0.29, 0.717) is 0 Å². The molecule has 0 aliphatic carbocycles. The average molecular weight is 388 g/mol. The van der Waals surface area contributed by atoms with Gasteiger partial charge in [0.05, 0.1) is 19.1 Å². The maximum Gasteiger partial charge on any atom is 0.326 e. The van der Waals surface area contributed by atoms with Crippen LogP contribution in [-0.2, 0) is 14.4 Å². The van der Waals surface area contributed by atoms with Crippen molar-refractivity contribution in [1.29, 1.82) is 0 Å². The quantitative estimate of drug-likeness (QED) is 0.210. The highest BCUT2D eigenvalue weighted by molar-refractivity contribution is 5.83. The second-order valence-electron chi connectivity index (χ2n) is 5.44. The fourth-order valence-corrected chi connectivity index (χ4v) is 1.91. The molecule has 0 saturated heterocycles. The molecule has 1 aromatic rings. The number of amides is 3. The molecule has 0 radical (unpaired) electrons. The van der Waals surface area contributed by atoms with Gasteiger partial charge in [0, 0.05) is 6.42 Å². The predicted octanol–water partition coefficient (Wildman–Crippen LogP) is -2.40. The number of aliphatic carboxylic acids is 2. The molecule has 1 aromatic heterocycles. The van der Waals surface area contributed by atoms with Crippen LogP contribution in [0.4, 0.5) is 4.79 Å². The van der Waals surface area contributed by atoms with E-state index < -0.39 is 61.5 Å². The molecular formula is C13H20N6O8. The zero-order chi connectivity index (χ0) is 20.6. The van der Waals surface area contributed by atoms with Gasteiger partial charge in [0.1, 0.15) is 12.1 Å². The van der Waals surface area contributed by atoms with Crippen LogP contribution in [0.15, 0.2) is 4.52 Å². The Morgan fingerprint density at radius 3 is 2.37 bits per heavy atom. The maximum absolute atomic E-state index is 12.0. The highest BCUT2D eigenvalue weighted by atomic mass is 16.5. The van der Waals surface area contributed by atoms with E-state index in [9.17, 15) is 19.2 Å². The minimum absolute atomic E-state index is 0.0750. The topological polar surface area (TPSA) is 244 Å². The van der Waals surface area contributed by atoms with Gasteiger partial charge in [-0.05, 0) is 6.42 Å². The molecule has 1 unspecified atom stereocenters. The number of hydrogen-bond donors (Lipinski definition) is 7. The molecule has 14 heteroatoms. The summed E-state index contributed by atoms with van der Waals surface area (Å²) < 4.78 is 4.89. The number of nitrogens with two attached hydrogens (primary N) is 2. The average Bonchev–Trinajstić information content (AvgIpc) is 3.06. The normalized spacial score (nSPS) is 14.0. The van der Waals surface area contributed by atoms with Crippen LogP contribution >= 0.6 is 0 Å². The van der Waals surface area contributed by atoms with Gasteiger partial charge in [-0.25, -0.2) is 9.59 Å². The van der Waals surface area contributed by atoms with E-state index >= 15 is 0 Å². The Bertz CT molecular complexity index is 692. The Balaban J connectivity index is 2.84. The van der Waals surface area contributed by atoms with E-state index in [1.54, 1.807) is 0 Å². The van der Waals surface area contributed by atoms with Gasteiger partial charge in [-0.15, -0.1) is 0 Å². The molecule has 0 aliphatic rings. The summed E-state index contributed by atoms with van der Waals surface area (Å²) in [5.41, 5.74) is 10.6. The molecule has 3 amide bonds. The molecule has 14 nitrogen and oxygen atoms in total. The number of rotatable bonds is 11. The van der Waals surface area contributed by atoms with Crippen molar-refractivity contribution in [3.63, 3.8) is 0 Å². The summed E-state index contributed by atoms with van der Waals surface area (Å²) in [4.78, 5) is 48.7. The number of nitrogens with zero attached hydrogens (tertiary/aromatic N) is 2. The highest BCUT2D eigenvalue weighted by Gasteiger charge is 2.27. The highest BCUT2D eigenvalue weighted by Crippen LogP contribution is 2.16. The number of carbonyl (C=O) groups excluding carboxylic acids is 2. The Labute approximate surface area is 151 Å². The number of carboxylic acid groups (broad SMARTS) is 2. The third-order valence-corrected chi connectivity index (χ3v) is 3.24. The molecule has 0 bridgehead atoms. The molecule has 3 atom stereocenters. The van der Waals surface area contributed by atoms with Gasteiger partial charge in [0.25, 0.3) is 0 Å². The van der Waals surface area contributed by atoms with E-state index in [0.717, 1.165) is 0 Å². The van der Waals surface area contributed by atoms with Crippen molar-refractivity contribution in [2.75, 3.05) is 6.61 Å². The molecule has 0 fully saturated rings. The van der Waals surface area contributed by atoms with Gasteiger partial charge >= 0.3 is 18.0 Å². The van der Waals surface area contributed by atoms with Gasteiger partial charge in [0.2, 0.25) is 11.8 Å². The Kier molecular flexibility index (Phi) is 8.09. The van der Waals surface area contributed by atoms with Crippen molar-refractivity contribution in [3.8, 4) is 0 Å². The van der Waals surface area contributed by atoms with Crippen molar-refractivity contribution >= 4 is 23.9 Å². The molecule has 1 heterocycles. The summed E-state index contributed by atoms with van der Waals surface area (Å²) >= 11 is 0. The minimum Gasteiger partial charge on any atom is -0.481 e. The van der Waals surface area contributed by atoms with E-state index in [1.165, 1.54) is 0 Å². The van der Waals surface area contributed by atoms with Crippen molar-refractivity contribution in [3.05, 3.63) is 11.7 Å².